The average Bonchev–Trinajstić information content (AvgIpc) is 2.70. The number of anilines is 1. The molecule has 0 unspecified atom stereocenters. The van der Waals surface area contributed by atoms with Crippen molar-refractivity contribution < 1.29 is 23.5 Å². The van der Waals surface area contributed by atoms with Crippen molar-refractivity contribution in [3.8, 4) is 5.75 Å². The minimum Gasteiger partial charge on any atom is -0.497 e. The highest BCUT2D eigenvalue weighted by atomic mass is 16.5. The molecule has 0 fully saturated rings. The number of rotatable bonds is 5. The van der Waals surface area contributed by atoms with Crippen molar-refractivity contribution in [3.05, 3.63) is 69.6 Å². The maximum Gasteiger partial charge on any atom is 0.340 e. The van der Waals surface area contributed by atoms with Crippen molar-refractivity contribution in [3.63, 3.8) is 0 Å². The van der Waals surface area contributed by atoms with E-state index < -0.39 is 11.6 Å². The molecule has 144 valence electrons. The van der Waals surface area contributed by atoms with E-state index in [0.717, 1.165) is 5.39 Å². The first kappa shape index (κ1) is 19.2. The molecule has 0 aliphatic heterocycles. The van der Waals surface area contributed by atoms with E-state index in [1.54, 1.807) is 49.4 Å². The summed E-state index contributed by atoms with van der Waals surface area (Å²) in [5.74, 6) is -0.246. The summed E-state index contributed by atoms with van der Waals surface area (Å²) in [4.78, 5) is 36.2. The molecule has 0 saturated heterocycles. The largest absolute Gasteiger partial charge is 0.497 e. The van der Waals surface area contributed by atoms with E-state index in [1.165, 1.54) is 14.2 Å². The van der Waals surface area contributed by atoms with Gasteiger partial charge in [0.15, 0.2) is 0 Å². The van der Waals surface area contributed by atoms with Crippen LogP contribution in [0.5, 0.6) is 5.75 Å². The topological polar surface area (TPSA) is 94.8 Å². The molecule has 0 atom stereocenters. The van der Waals surface area contributed by atoms with E-state index in [-0.39, 0.29) is 12.3 Å². The van der Waals surface area contributed by atoms with E-state index in [9.17, 15) is 14.4 Å². The van der Waals surface area contributed by atoms with Crippen molar-refractivity contribution in [2.45, 2.75) is 13.3 Å². The van der Waals surface area contributed by atoms with Gasteiger partial charge in [-0.25, -0.2) is 9.59 Å². The second kappa shape index (κ2) is 7.96. The first-order valence-electron chi connectivity index (χ1n) is 8.51. The summed E-state index contributed by atoms with van der Waals surface area (Å²) in [5.41, 5.74) is 1.71. The first-order valence-corrected chi connectivity index (χ1v) is 8.51. The van der Waals surface area contributed by atoms with Gasteiger partial charge in [-0.2, -0.15) is 0 Å². The van der Waals surface area contributed by atoms with Gasteiger partial charge < -0.3 is 19.2 Å². The SMILES string of the molecule is COC(=O)c1ccc(NC(=O)Cc2c(C)c3ccc(OC)cc3oc2=O)cc1. The van der Waals surface area contributed by atoms with E-state index in [0.29, 0.717) is 33.7 Å². The summed E-state index contributed by atoms with van der Waals surface area (Å²) in [6.45, 7) is 1.78. The second-order valence-electron chi connectivity index (χ2n) is 6.15. The maximum absolute atomic E-state index is 12.4. The highest BCUT2D eigenvalue weighted by molar-refractivity contribution is 5.94. The zero-order valence-corrected chi connectivity index (χ0v) is 15.7. The third kappa shape index (κ3) is 3.88. The van der Waals surface area contributed by atoms with Gasteiger partial charge in [-0.15, -0.1) is 0 Å². The summed E-state index contributed by atoms with van der Waals surface area (Å²) in [7, 11) is 2.83. The van der Waals surface area contributed by atoms with Crippen molar-refractivity contribution in [1.82, 2.24) is 0 Å². The Labute approximate surface area is 160 Å². The highest BCUT2D eigenvalue weighted by Gasteiger charge is 2.16. The van der Waals surface area contributed by atoms with Crippen molar-refractivity contribution in [2.75, 3.05) is 19.5 Å². The molecule has 7 nitrogen and oxygen atoms in total. The minimum absolute atomic E-state index is 0.130. The molecule has 1 aromatic heterocycles. The molecule has 0 aliphatic rings. The number of fused-ring (bicyclic) bond motifs is 1. The van der Waals surface area contributed by atoms with Crippen LogP contribution in [0.3, 0.4) is 0 Å². The number of amides is 1. The summed E-state index contributed by atoms with van der Waals surface area (Å²) >= 11 is 0. The molecule has 7 heteroatoms. The molecule has 3 rings (SSSR count). The normalized spacial score (nSPS) is 10.5. The Morgan fingerprint density at radius 1 is 1.07 bits per heavy atom. The van der Waals surface area contributed by atoms with Gasteiger partial charge in [0.2, 0.25) is 5.91 Å². The number of methoxy groups -OCH3 is 2. The molecule has 1 heterocycles. The zero-order valence-electron chi connectivity index (χ0n) is 15.7. The predicted octanol–water partition coefficient (Wildman–Crippen LogP) is 3.08. The average molecular weight is 381 g/mol. The number of hydrogen-bond acceptors (Lipinski definition) is 6. The number of nitrogens with one attached hydrogen (secondary N) is 1. The van der Waals surface area contributed by atoms with Crippen molar-refractivity contribution >= 4 is 28.5 Å². The van der Waals surface area contributed by atoms with Crippen molar-refractivity contribution in [1.29, 1.82) is 0 Å². The summed E-state index contributed by atoms with van der Waals surface area (Å²) < 4.78 is 15.1. The molecule has 0 aliphatic carbocycles. The lowest BCUT2D eigenvalue weighted by atomic mass is 10.0. The molecule has 0 radical (unpaired) electrons. The maximum atomic E-state index is 12.4. The lowest BCUT2D eigenvalue weighted by Gasteiger charge is -2.10. The molecule has 0 saturated carbocycles. The Bertz CT molecular complexity index is 1100. The van der Waals surface area contributed by atoms with Crippen LogP contribution in [0, 0.1) is 6.92 Å². The number of benzene rings is 2. The van der Waals surface area contributed by atoms with E-state index in [2.05, 4.69) is 10.1 Å². The number of hydrogen-bond donors (Lipinski definition) is 1. The fourth-order valence-corrected chi connectivity index (χ4v) is 2.88. The smallest absolute Gasteiger partial charge is 0.340 e. The third-order valence-corrected chi connectivity index (χ3v) is 4.42. The highest BCUT2D eigenvalue weighted by Crippen LogP contribution is 2.24. The van der Waals surface area contributed by atoms with Gasteiger partial charge >= 0.3 is 11.6 Å². The summed E-state index contributed by atoms with van der Waals surface area (Å²) in [6, 6.07) is 11.5. The molecule has 0 bridgehead atoms. The lowest BCUT2D eigenvalue weighted by molar-refractivity contribution is -0.115. The molecule has 0 spiro atoms. The standard InChI is InChI=1S/C21H19NO6/c1-12-16-9-8-15(26-2)10-18(16)28-21(25)17(12)11-19(23)22-14-6-4-13(5-7-14)20(24)27-3/h4-10H,11H2,1-3H3,(H,22,23). The van der Waals surface area contributed by atoms with Gasteiger partial charge in [0, 0.05) is 17.1 Å². The number of carbonyl (C=O) groups is 2. The Kier molecular flexibility index (Phi) is 5.44. The van der Waals surface area contributed by atoms with Crippen LogP contribution in [0.2, 0.25) is 0 Å². The monoisotopic (exact) mass is 381 g/mol. The Morgan fingerprint density at radius 2 is 1.79 bits per heavy atom. The third-order valence-electron chi connectivity index (χ3n) is 4.42. The number of aryl methyl sites for hydroxylation is 1. The van der Waals surface area contributed by atoms with Crippen LogP contribution in [0.15, 0.2) is 51.7 Å². The molecular weight excluding hydrogens is 362 g/mol. The molecule has 28 heavy (non-hydrogen) atoms. The fourth-order valence-electron chi connectivity index (χ4n) is 2.88. The minimum atomic E-state index is -0.561. The van der Waals surface area contributed by atoms with Gasteiger partial charge in [-0.05, 0) is 48.9 Å². The summed E-state index contributed by atoms with van der Waals surface area (Å²) in [6.07, 6.45) is -0.130. The van der Waals surface area contributed by atoms with Gasteiger partial charge in [0.25, 0.3) is 0 Å². The van der Waals surface area contributed by atoms with Crippen LogP contribution < -0.4 is 15.7 Å². The van der Waals surface area contributed by atoms with E-state index in [1.807, 2.05) is 0 Å². The Morgan fingerprint density at radius 3 is 2.43 bits per heavy atom. The first-order chi connectivity index (χ1) is 13.4. The molecule has 3 aromatic rings. The number of esters is 1. The van der Waals surface area contributed by atoms with E-state index in [4.69, 9.17) is 9.15 Å². The van der Waals surface area contributed by atoms with Gasteiger partial charge in [0.05, 0.1) is 31.8 Å². The van der Waals surface area contributed by atoms with Crippen LogP contribution in [-0.2, 0) is 16.0 Å². The zero-order chi connectivity index (χ0) is 20.3. The van der Waals surface area contributed by atoms with Gasteiger partial charge in [-0.1, -0.05) is 0 Å². The van der Waals surface area contributed by atoms with Gasteiger partial charge in [-0.3, -0.25) is 4.79 Å². The molecule has 1 amide bonds. The molecule has 1 N–H and O–H groups in total. The quantitative estimate of drug-likeness (QED) is 0.539. The predicted molar refractivity (Wildman–Crippen MR) is 104 cm³/mol. The van der Waals surface area contributed by atoms with E-state index >= 15 is 0 Å². The van der Waals surface area contributed by atoms with Crippen LogP contribution >= 0.6 is 0 Å². The van der Waals surface area contributed by atoms with Crippen LogP contribution in [0.1, 0.15) is 21.5 Å². The molecular formula is C21H19NO6. The lowest BCUT2D eigenvalue weighted by Crippen LogP contribution is -2.20. The van der Waals surface area contributed by atoms with Crippen LogP contribution in [-0.4, -0.2) is 26.1 Å². The molecule has 2 aromatic carbocycles. The number of carbonyl (C=O) groups excluding carboxylic acids is 2. The number of ether oxygens (including phenoxy) is 2. The van der Waals surface area contributed by atoms with Crippen LogP contribution in [0.25, 0.3) is 11.0 Å². The summed E-state index contributed by atoms with van der Waals surface area (Å²) in [5, 5.41) is 3.45. The van der Waals surface area contributed by atoms with Crippen LogP contribution in [0.4, 0.5) is 5.69 Å². The Balaban J connectivity index is 1.81. The fraction of sp³-hybridized carbons (Fsp3) is 0.190. The Hall–Kier alpha value is -3.61. The van der Waals surface area contributed by atoms with Gasteiger partial charge in [0.1, 0.15) is 11.3 Å². The second-order valence-corrected chi connectivity index (χ2v) is 6.15. The van der Waals surface area contributed by atoms with Crippen molar-refractivity contribution in [2.24, 2.45) is 0 Å².